The van der Waals surface area contributed by atoms with Gasteiger partial charge in [0.1, 0.15) is 0 Å². The van der Waals surface area contributed by atoms with Crippen molar-refractivity contribution in [3.05, 3.63) is 70.8 Å². The fourth-order valence-corrected chi connectivity index (χ4v) is 3.26. The number of carboxylic acids is 1. The van der Waals surface area contributed by atoms with E-state index in [-0.39, 0.29) is 11.8 Å². The van der Waals surface area contributed by atoms with Gasteiger partial charge >= 0.3 is 5.97 Å². The maximum atomic E-state index is 13.0. The molecule has 3 rings (SSSR count). The van der Waals surface area contributed by atoms with Crippen molar-refractivity contribution in [2.45, 2.75) is 12.5 Å². The fourth-order valence-electron chi connectivity index (χ4n) is 3.26. The summed E-state index contributed by atoms with van der Waals surface area (Å²) in [7, 11) is 3.28. The molecular weight excluding hydrogens is 332 g/mol. The Morgan fingerprint density at radius 2 is 1.73 bits per heavy atom. The minimum atomic E-state index is -1.06. The molecule has 0 aromatic heterocycles. The highest BCUT2D eigenvalue weighted by Crippen LogP contribution is 2.31. The SMILES string of the molecule is CN(C)C(=O)c1cccc(C(=O)N2CCc3ccccc3C2C(=O)O)c1. The number of fused-ring (bicyclic) bond motifs is 1. The monoisotopic (exact) mass is 352 g/mol. The average molecular weight is 352 g/mol. The van der Waals surface area contributed by atoms with Gasteiger partial charge in [0.25, 0.3) is 11.8 Å². The number of carbonyl (C=O) groups is 3. The summed E-state index contributed by atoms with van der Waals surface area (Å²) in [5.74, 6) is -1.66. The molecule has 1 N–H and O–H groups in total. The van der Waals surface area contributed by atoms with Gasteiger partial charge in [-0.15, -0.1) is 0 Å². The molecule has 6 heteroatoms. The number of carbonyl (C=O) groups excluding carboxylic acids is 2. The van der Waals surface area contributed by atoms with Crippen LogP contribution in [-0.2, 0) is 11.2 Å². The molecule has 134 valence electrons. The van der Waals surface area contributed by atoms with Crippen molar-refractivity contribution in [2.75, 3.05) is 20.6 Å². The molecule has 1 atom stereocenters. The van der Waals surface area contributed by atoms with Crippen LogP contribution in [0.3, 0.4) is 0 Å². The first-order valence-corrected chi connectivity index (χ1v) is 8.33. The summed E-state index contributed by atoms with van der Waals surface area (Å²) in [6.07, 6.45) is 0.599. The molecule has 1 unspecified atom stereocenters. The van der Waals surface area contributed by atoms with Gasteiger partial charge in [0.05, 0.1) is 0 Å². The molecular formula is C20H20N2O4. The number of hydrogen-bond acceptors (Lipinski definition) is 3. The summed E-state index contributed by atoms with van der Waals surface area (Å²) < 4.78 is 0. The molecule has 1 aliphatic rings. The Labute approximate surface area is 151 Å². The van der Waals surface area contributed by atoms with Gasteiger partial charge in [-0.1, -0.05) is 30.3 Å². The molecule has 0 bridgehead atoms. The van der Waals surface area contributed by atoms with Gasteiger partial charge in [-0.3, -0.25) is 9.59 Å². The van der Waals surface area contributed by atoms with E-state index in [1.54, 1.807) is 44.4 Å². The molecule has 0 fully saturated rings. The van der Waals surface area contributed by atoms with E-state index in [1.807, 2.05) is 12.1 Å². The molecule has 2 aromatic rings. The van der Waals surface area contributed by atoms with Crippen LogP contribution in [-0.4, -0.2) is 53.3 Å². The second-order valence-electron chi connectivity index (χ2n) is 6.47. The predicted molar refractivity (Wildman–Crippen MR) is 96.0 cm³/mol. The van der Waals surface area contributed by atoms with Crippen LogP contribution < -0.4 is 0 Å². The van der Waals surface area contributed by atoms with E-state index < -0.39 is 12.0 Å². The summed E-state index contributed by atoms with van der Waals surface area (Å²) in [6.45, 7) is 0.318. The number of benzene rings is 2. The summed E-state index contributed by atoms with van der Waals surface area (Å²) >= 11 is 0. The molecule has 2 aromatic carbocycles. The number of carboxylic acid groups (broad SMARTS) is 1. The molecule has 0 radical (unpaired) electrons. The van der Waals surface area contributed by atoms with Crippen LogP contribution in [0.25, 0.3) is 0 Å². The second kappa shape index (κ2) is 7.00. The molecule has 0 aliphatic carbocycles. The lowest BCUT2D eigenvalue weighted by molar-refractivity contribution is -0.143. The van der Waals surface area contributed by atoms with E-state index in [9.17, 15) is 19.5 Å². The smallest absolute Gasteiger partial charge is 0.331 e. The van der Waals surface area contributed by atoms with Crippen LogP contribution in [0.1, 0.15) is 37.9 Å². The Morgan fingerprint density at radius 1 is 1.04 bits per heavy atom. The fraction of sp³-hybridized carbons (Fsp3) is 0.250. The van der Waals surface area contributed by atoms with Crippen LogP contribution in [0, 0.1) is 0 Å². The zero-order chi connectivity index (χ0) is 18.8. The van der Waals surface area contributed by atoms with E-state index in [4.69, 9.17) is 0 Å². The third-order valence-electron chi connectivity index (χ3n) is 4.54. The lowest BCUT2D eigenvalue weighted by Gasteiger charge is -2.34. The molecule has 1 aliphatic heterocycles. The zero-order valence-electron chi connectivity index (χ0n) is 14.7. The third-order valence-corrected chi connectivity index (χ3v) is 4.54. The van der Waals surface area contributed by atoms with Crippen molar-refractivity contribution in [1.82, 2.24) is 9.80 Å². The number of aliphatic carboxylic acids is 1. The highest BCUT2D eigenvalue weighted by Gasteiger charge is 2.36. The van der Waals surface area contributed by atoms with Crippen molar-refractivity contribution in [3.8, 4) is 0 Å². The largest absolute Gasteiger partial charge is 0.479 e. The molecule has 2 amide bonds. The van der Waals surface area contributed by atoms with E-state index in [2.05, 4.69) is 0 Å². The highest BCUT2D eigenvalue weighted by molar-refractivity contribution is 6.01. The highest BCUT2D eigenvalue weighted by atomic mass is 16.4. The van der Waals surface area contributed by atoms with Crippen molar-refractivity contribution >= 4 is 17.8 Å². The number of hydrogen-bond donors (Lipinski definition) is 1. The van der Waals surface area contributed by atoms with Gasteiger partial charge < -0.3 is 14.9 Å². The van der Waals surface area contributed by atoms with Gasteiger partial charge in [-0.2, -0.15) is 0 Å². The summed E-state index contributed by atoms with van der Waals surface area (Å²) in [6, 6.07) is 12.7. The van der Waals surface area contributed by atoms with Gasteiger partial charge in [-0.25, -0.2) is 4.79 Å². The van der Waals surface area contributed by atoms with E-state index in [0.717, 1.165) is 5.56 Å². The van der Waals surface area contributed by atoms with Gasteiger partial charge in [0.2, 0.25) is 0 Å². The molecule has 0 saturated heterocycles. The molecule has 0 saturated carbocycles. The maximum Gasteiger partial charge on any atom is 0.331 e. The molecule has 0 spiro atoms. The van der Waals surface area contributed by atoms with Crippen LogP contribution in [0.15, 0.2) is 48.5 Å². The third kappa shape index (κ3) is 3.18. The van der Waals surface area contributed by atoms with E-state index >= 15 is 0 Å². The van der Waals surface area contributed by atoms with Gasteiger partial charge in [-0.05, 0) is 35.7 Å². The Kier molecular flexibility index (Phi) is 4.75. The first-order valence-electron chi connectivity index (χ1n) is 8.33. The van der Waals surface area contributed by atoms with Crippen molar-refractivity contribution in [2.24, 2.45) is 0 Å². The van der Waals surface area contributed by atoms with Crippen molar-refractivity contribution < 1.29 is 19.5 Å². The van der Waals surface area contributed by atoms with E-state index in [1.165, 1.54) is 15.9 Å². The van der Waals surface area contributed by atoms with Crippen LogP contribution in [0.2, 0.25) is 0 Å². The first-order chi connectivity index (χ1) is 12.4. The van der Waals surface area contributed by atoms with Crippen LogP contribution in [0.5, 0.6) is 0 Å². The average Bonchev–Trinajstić information content (AvgIpc) is 2.65. The number of nitrogens with zero attached hydrogens (tertiary/aromatic N) is 2. The number of rotatable bonds is 3. The Hall–Kier alpha value is -3.15. The minimum absolute atomic E-state index is 0.210. The summed E-state index contributed by atoms with van der Waals surface area (Å²) in [4.78, 5) is 39.8. The molecule has 1 heterocycles. The van der Waals surface area contributed by atoms with Crippen LogP contribution >= 0.6 is 0 Å². The Morgan fingerprint density at radius 3 is 2.42 bits per heavy atom. The predicted octanol–water partition coefficient (Wildman–Crippen LogP) is 2.21. The Balaban J connectivity index is 1.96. The Bertz CT molecular complexity index is 876. The zero-order valence-corrected chi connectivity index (χ0v) is 14.7. The lowest BCUT2D eigenvalue weighted by atomic mass is 9.92. The summed E-state index contributed by atoms with van der Waals surface area (Å²) in [5.41, 5.74) is 2.29. The molecule has 6 nitrogen and oxygen atoms in total. The van der Waals surface area contributed by atoms with Crippen molar-refractivity contribution in [1.29, 1.82) is 0 Å². The summed E-state index contributed by atoms with van der Waals surface area (Å²) in [5, 5.41) is 9.71. The normalized spacial score (nSPS) is 15.9. The minimum Gasteiger partial charge on any atom is -0.479 e. The van der Waals surface area contributed by atoms with Gasteiger partial charge in [0, 0.05) is 31.8 Å². The standard InChI is InChI=1S/C20H20N2O4/c1-21(2)18(23)14-7-5-8-15(12-14)19(24)22-11-10-13-6-3-4-9-16(13)17(22)20(25)26/h3-9,12,17H,10-11H2,1-2H3,(H,25,26). The first kappa shape index (κ1) is 17.7. The maximum absolute atomic E-state index is 13.0. The van der Waals surface area contributed by atoms with Gasteiger partial charge in [0.15, 0.2) is 6.04 Å². The topological polar surface area (TPSA) is 77.9 Å². The van der Waals surface area contributed by atoms with Crippen molar-refractivity contribution in [3.63, 3.8) is 0 Å². The molecule has 26 heavy (non-hydrogen) atoms. The van der Waals surface area contributed by atoms with E-state index in [0.29, 0.717) is 29.7 Å². The quantitative estimate of drug-likeness (QED) is 0.919. The number of amides is 2. The second-order valence-corrected chi connectivity index (χ2v) is 6.47. The lowest BCUT2D eigenvalue weighted by Crippen LogP contribution is -2.43. The van der Waals surface area contributed by atoms with Crippen LogP contribution in [0.4, 0.5) is 0 Å².